The third kappa shape index (κ3) is 13.5. The molecule has 0 amide bonds. The van der Waals surface area contributed by atoms with Gasteiger partial charge in [-0.25, -0.2) is 4.79 Å². The van der Waals surface area contributed by atoms with Gasteiger partial charge in [0, 0.05) is 12.0 Å². The average Bonchev–Trinajstić information content (AvgIpc) is 2.92. The first-order valence-electron chi connectivity index (χ1n) is 15.7. The van der Waals surface area contributed by atoms with E-state index >= 15 is 0 Å². The van der Waals surface area contributed by atoms with Gasteiger partial charge in [0.05, 0.1) is 14.1 Å². The van der Waals surface area contributed by atoms with Crippen molar-refractivity contribution in [3.05, 3.63) is 65.7 Å². The Labute approximate surface area is 239 Å². The molecule has 0 aliphatic rings. The third-order valence-corrected chi connectivity index (χ3v) is 7.83. The van der Waals surface area contributed by atoms with Gasteiger partial charge in [-0.1, -0.05) is 121 Å². The summed E-state index contributed by atoms with van der Waals surface area (Å²) >= 11 is 0. The van der Waals surface area contributed by atoms with E-state index in [1.54, 1.807) is 0 Å². The first kappa shape index (κ1) is 32.9. The minimum absolute atomic E-state index is 0.216. The summed E-state index contributed by atoms with van der Waals surface area (Å²) in [5, 5.41) is 0. The van der Waals surface area contributed by atoms with Gasteiger partial charge < -0.3 is 14.0 Å². The fraction of sp³-hybridized carbons (Fsp3) is 0.629. The van der Waals surface area contributed by atoms with Crippen molar-refractivity contribution in [1.29, 1.82) is 0 Å². The lowest BCUT2D eigenvalue weighted by atomic mass is 10.0. The summed E-state index contributed by atoms with van der Waals surface area (Å²) in [6, 6.07) is 18.3. The maximum Gasteiger partial charge on any atom is 0.367 e. The minimum Gasteiger partial charge on any atom is -0.455 e. The molecule has 2 aromatic rings. The topological polar surface area (TPSA) is 35.5 Å². The highest BCUT2D eigenvalue weighted by Gasteiger charge is 2.34. The largest absolute Gasteiger partial charge is 0.455 e. The van der Waals surface area contributed by atoms with E-state index in [2.05, 4.69) is 58.3 Å². The molecular weight excluding hydrogens is 482 g/mol. The van der Waals surface area contributed by atoms with Gasteiger partial charge in [0.2, 0.25) is 6.29 Å². The summed E-state index contributed by atoms with van der Waals surface area (Å²) in [6.45, 7) is 7.07. The predicted molar refractivity (Wildman–Crippen MR) is 164 cm³/mol. The highest BCUT2D eigenvalue weighted by molar-refractivity contribution is 5.74. The zero-order valence-electron chi connectivity index (χ0n) is 25.6. The van der Waals surface area contributed by atoms with Crippen molar-refractivity contribution in [2.45, 2.75) is 130 Å². The molecule has 0 aromatic heterocycles. The van der Waals surface area contributed by atoms with Gasteiger partial charge in [0.25, 0.3) is 0 Å². The molecular formula is C35H56NO3+. The van der Waals surface area contributed by atoms with Crippen LogP contribution >= 0.6 is 0 Å². The van der Waals surface area contributed by atoms with Crippen LogP contribution in [0.25, 0.3) is 0 Å². The summed E-state index contributed by atoms with van der Waals surface area (Å²) in [5.74, 6) is 0.569. The molecule has 4 heteroatoms. The van der Waals surface area contributed by atoms with Gasteiger partial charge in [-0.05, 0) is 43.9 Å². The van der Waals surface area contributed by atoms with Crippen molar-refractivity contribution in [1.82, 2.24) is 0 Å². The first-order valence-corrected chi connectivity index (χ1v) is 15.7. The molecule has 2 unspecified atom stereocenters. The van der Waals surface area contributed by atoms with Gasteiger partial charge >= 0.3 is 5.97 Å². The smallest absolute Gasteiger partial charge is 0.367 e. The maximum absolute atomic E-state index is 13.1. The number of esters is 1. The second kappa shape index (κ2) is 18.9. The van der Waals surface area contributed by atoms with Crippen LogP contribution in [0.4, 0.5) is 0 Å². The van der Waals surface area contributed by atoms with Crippen LogP contribution in [0.1, 0.15) is 115 Å². The number of likely N-dealkylation sites (N-methyl/N-ethyl adjacent to an activating group) is 1. The van der Waals surface area contributed by atoms with Crippen LogP contribution in [0, 0.1) is 0 Å². The third-order valence-electron chi connectivity index (χ3n) is 7.83. The normalized spacial score (nSPS) is 13.2. The van der Waals surface area contributed by atoms with Crippen molar-refractivity contribution in [2.75, 3.05) is 14.1 Å². The lowest BCUT2D eigenvalue weighted by molar-refractivity contribution is -0.917. The van der Waals surface area contributed by atoms with E-state index in [0.717, 1.165) is 25.1 Å². The molecule has 0 radical (unpaired) electrons. The molecule has 39 heavy (non-hydrogen) atoms. The molecule has 0 spiro atoms. The summed E-state index contributed by atoms with van der Waals surface area (Å²) in [7, 11) is 4.15. The van der Waals surface area contributed by atoms with E-state index in [1.165, 1.54) is 81.8 Å². The number of hydrogen-bond acceptors (Lipinski definition) is 3. The Balaban J connectivity index is 1.77. The summed E-state index contributed by atoms with van der Waals surface area (Å²) in [4.78, 5) is 13.1. The highest BCUT2D eigenvalue weighted by atomic mass is 16.7. The van der Waals surface area contributed by atoms with E-state index in [9.17, 15) is 4.79 Å². The summed E-state index contributed by atoms with van der Waals surface area (Å²) in [6.07, 6.45) is 17.0. The van der Waals surface area contributed by atoms with E-state index in [-0.39, 0.29) is 12.0 Å². The van der Waals surface area contributed by atoms with Crippen LogP contribution in [0.5, 0.6) is 5.75 Å². The fourth-order valence-corrected chi connectivity index (χ4v) is 5.00. The number of nitrogens with zero attached hydrogens (tertiary/aromatic N) is 1. The Morgan fingerprint density at radius 1 is 0.744 bits per heavy atom. The van der Waals surface area contributed by atoms with E-state index in [4.69, 9.17) is 9.47 Å². The molecule has 4 nitrogen and oxygen atoms in total. The number of ether oxygens (including phenoxy) is 2. The van der Waals surface area contributed by atoms with Crippen molar-refractivity contribution in [2.24, 2.45) is 0 Å². The van der Waals surface area contributed by atoms with Gasteiger partial charge in [-0.2, -0.15) is 0 Å². The Hall–Kier alpha value is -2.33. The number of rotatable bonds is 21. The quantitative estimate of drug-likeness (QED) is 0.0687. The molecule has 2 rings (SSSR count). The highest BCUT2D eigenvalue weighted by Crippen LogP contribution is 2.21. The van der Waals surface area contributed by atoms with Crippen LogP contribution in [0.15, 0.2) is 54.6 Å². The summed E-state index contributed by atoms with van der Waals surface area (Å²) < 4.78 is 12.6. The standard InChI is InChI=1S/C35H56NO3/c1-6-8-9-10-11-12-13-14-15-16-18-23-31-26-21-27-33(28-31)38-34(22-7-2)39-35(37)30(3)36(4,5)29-32-24-19-17-20-25-32/h17,19-21,24-28,30,34H,6-16,18,22-23,29H2,1-5H3/q+1. The van der Waals surface area contributed by atoms with Crippen molar-refractivity contribution >= 4 is 5.97 Å². The Bertz CT molecular complexity index is 911. The van der Waals surface area contributed by atoms with Gasteiger partial charge in [-0.3, -0.25) is 0 Å². The van der Waals surface area contributed by atoms with Gasteiger partial charge in [0.1, 0.15) is 12.3 Å². The minimum atomic E-state index is -0.570. The zero-order valence-corrected chi connectivity index (χ0v) is 25.6. The number of hydrogen-bond donors (Lipinski definition) is 0. The lowest BCUT2D eigenvalue weighted by Gasteiger charge is -2.35. The zero-order chi connectivity index (χ0) is 28.3. The maximum atomic E-state index is 13.1. The molecule has 0 aliphatic carbocycles. The monoisotopic (exact) mass is 538 g/mol. The van der Waals surface area contributed by atoms with Crippen LogP contribution in [-0.4, -0.2) is 36.9 Å². The Kier molecular flexibility index (Phi) is 15.9. The molecule has 0 N–H and O–H groups in total. The number of quaternary nitrogens is 1. The Morgan fingerprint density at radius 2 is 1.33 bits per heavy atom. The average molecular weight is 539 g/mol. The van der Waals surface area contributed by atoms with Crippen LogP contribution in [-0.2, 0) is 22.5 Å². The summed E-state index contributed by atoms with van der Waals surface area (Å²) in [5.41, 5.74) is 2.50. The van der Waals surface area contributed by atoms with Crippen LogP contribution < -0.4 is 4.74 Å². The van der Waals surface area contributed by atoms with Crippen molar-refractivity contribution < 1.29 is 18.8 Å². The fourth-order valence-electron chi connectivity index (χ4n) is 5.00. The van der Waals surface area contributed by atoms with Crippen molar-refractivity contribution in [3.8, 4) is 5.75 Å². The Morgan fingerprint density at radius 3 is 1.95 bits per heavy atom. The SMILES string of the molecule is CCCCCCCCCCCCCc1cccc(OC(CCC)OC(=O)C(C)[N+](C)(C)Cc2ccccc2)c1. The number of carbonyl (C=O) groups excluding carboxylic acids is 1. The number of unbranched alkanes of at least 4 members (excludes halogenated alkanes) is 10. The predicted octanol–water partition coefficient (Wildman–Crippen LogP) is 9.25. The molecule has 0 bridgehead atoms. The molecule has 0 fully saturated rings. The van der Waals surface area contributed by atoms with Crippen LogP contribution in [0.3, 0.4) is 0 Å². The van der Waals surface area contributed by atoms with Crippen LogP contribution in [0.2, 0.25) is 0 Å². The molecule has 0 aliphatic heterocycles. The van der Waals surface area contributed by atoms with Gasteiger partial charge in [0.15, 0.2) is 6.04 Å². The molecule has 0 saturated heterocycles. The molecule has 0 heterocycles. The molecule has 218 valence electrons. The first-order chi connectivity index (χ1) is 18.9. The molecule has 0 saturated carbocycles. The van der Waals surface area contributed by atoms with E-state index in [0.29, 0.717) is 10.9 Å². The molecule has 2 aromatic carbocycles. The van der Waals surface area contributed by atoms with Gasteiger partial charge in [-0.15, -0.1) is 0 Å². The second-order valence-corrected chi connectivity index (χ2v) is 11.8. The van der Waals surface area contributed by atoms with E-state index in [1.807, 2.05) is 31.2 Å². The number of aryl methyl sites for hydroxylation is 1. The lowest BCUT2D eigenvalue weighted by Crippen LogP contribution is -2.52. The molecule has 2 atom stereocenters. The number of benzene rings is 2. The van der Waals surface area contributed by atoms with E-state index < -0.39 is 6.29 Å². The van der Waals surface area contributed by atoms with Crippen molar-refractivity contribution in [3.63, 3.8) is 0 Å². The number of carbonyl (C=O) groups is 1. The second-order valence-electron chi connectivity index (χ2n) is 11.8.